The normalized spacial score (nSPS) is 11.9. The molecule has 0 saturated carbocycles. The Morgan fingerprint density at radius 1 is 1.35 bits per heavy atom. The minimum atomic E-state index is -0.731. The summed E-state index contributed by atoms with van der Waals surface area (Å²) in [5.74, 6) is 0.587. The van der Waals surface area contributed by atoms with Crippen LogP contribution in [0.25, 0.3) is 0 Å². The number of thiophene rings is 1. The van der Waals surface area contributed by atoms with E-state index in [4.69, 9.17) is 4.74 Å². The second-order valence-electron chi connectivity index (χ2n) is 4.43. The fourth-order valence-corrected chi connectivity index (χ4v) is 2.66. The van der Waals surface area contributed by atoms with Crippen molar-refractivity contribution in [3.05, 3.63) is 51.7 Å². The molecule has 4 nitrogen and oxygen atoms in total. The van der Waals surface area contributed by atoms with Gasteiger partial charge in [0.1, 0.15) is 5.75 Å². The highest BCUT2D eigenvalue weighted by Gasteiger charge is 2.13. The van der Waals surface area contributed by atoms with Gasteiger partial charge in [0.2, 0.25) is 0 Å². The van der Waals surface area contributed by atoms with E-state index >= 15 is 0 Å². The van der Waals surface area contributed by atoms with E-state index in [0.717, 1.165) is 16.9 Å². The molecular formula is C15H17NO3S. The van der Waals surface area contributed by atoms with Crippen LogP contribution in [0.1, 0.15) is 26.9 Å². The molecule has 1 atom stereocenters. The summed E-state index contributed by atoms with van der Waals surface area (Å²) in [4.78, 5) is 12.6. The van der Waals surface area contributed by atoms with Gasteiger partial charge >= 0.3 is 0 Å². The molecule has 0 aliphatic heterocycles. The van der Waals surface area contributed by atoms with Gasteiger partial charge < -0.3 is 15.2 Å². The standard InChI is InChI=1S/C15H17NO3S/c1-10-7-8-20-14(10)15(18)16-9-13(17)11-3-5-12(19-2)6-4-11/h3-8,13,17H,9H2,1-2H3,(H,16,18)/t13-/m1/s1. The predicted octanol–water partition coefficient (Wildman–Crippen LogP) is 2.53. The Kier molecular flexibility index (Phi) is 4.76. The molecule has 0 unspecified atom stereocenters. The molecule has 5 heteroatoms. The molecule has 2 rings (SSSR count). The van der Waals surface area contributed by atoms with Crippen molar-refractivity contribution < 1.29 is 14.6 Å². The predicted molar refractivity (Wildman–Crippen MR) is 79.3 cm³/mol. The Morgan fingerprint density at radius 2 is 2.05 bits per heavy atom. The van der Waals surface area contributed by atoms with Crippen LogP contribution >= 0.6 is 11.3 Å². The quantitative estimate of drug-likeness (QED) is 0.890. The number of hydrogen-bond donors (Lipinski definition) is 2. The highest BCUT2D eigenvalue weighted by Crippen LogP contribution is 2.18. The summed E-state index contributed by atoms with van der Waals surface area (Å²) in [6.07, 6.45) is -0.731. The van der Waals surface area contributed by atoms with Gasteiger partial charge in [0.15, 0.2) is 0 Å². The van der Waals surface area contributed by atoms with Gasteiger partial charge in [0.25, 0.3) is 5.91 Å². The summed E-state index contributed by atoms with van der Waals surface area (Å²) in [6.45, 7) is 2.08. The molecule has 1 heterocycles. The first-order chi connectivity index (χ1) is 9.61. The first-order valence-corrected chi connectivity index (χ1v) is 7.14. The zero-order valence-corrected chi connectivity index (χ0v) is 12.2. The Balaban J connectivity index is 1.93. The van der Waals surface area contributed by atoms with E-state index in [1.807, 2.05) is 18.4 Å². The van der Waals surface area contributed by atoms with Crippen LogP contribution in [0.5, 0.6) is 5.75 Å². The van der Waals surface area contributed by atoms with Gasteiger partial charge in [0, 0.05) is 6.54 Å². The SMILES string of the molecule is COc1ccc([C@H](O)CNC(=O)c2sccc2C)cc1. The highest BCUT2D eigenvalue weighted by molar-refractivity contribution is 7.12. The lowest BCUT2D eigenvalue weighted by Crippen LogP contribution is -2.28. The molecule has 1 aromatic carbocycles. The maximum absolute atomic E-state index is 11.9. The van der Waals surface area contributed by atoms with Crippen molar-refractivity contribution in [1.82, 2.24) is 5.32 Å². The Morgan fingerprint density at radius 3 is 2.60 bits per heavy atom. The van der Waals surface area contributed by atoms with Gasteiger partial charge in [-0.2, -0.15) is 0 Å². The van der Waals surface area contributed by atoms with E-state index in [9.17, 15) is 9.90 Å². The molecule has 106 valence electrons. The van der Waals surface area contributed by atoms with E-state index in [2.05, 4.69) is 5.32 Å². The van der Waals surface area contributed by atoms with Gasteiger partial charge in [-0.25, -0.2) is 0 Å². The van der Waals surface area contributed by atoms with Crippen LogP contribution in [0.15, 0.2) is 35.7 Å². The fraction of sp³-hybridized carbons (Fsp3) is 0.267. The third kappa shape index (κ3) is 3.37. The van der Waals surface area contributed by atoms with Crippen molar-refractivity contribution in [3.63, 3.8) is 0 Å². The number of benzene rings is 1. The largest absolute Gasteiger partial charge is 0.497 e. The minimum Gasteiger partial charge on any atom is -0.497 e. The number of carbonyl (C=O) groups is 1. The number of nitrogens with one attached hydrogen (secondary N) is 1. The second-order valence-corrected chi connectivity index (χ2v) is 5.35. The van der Waals surface area contributed by atoms with Crippen molar-refractivity contribution in [3.8, 4) is 5.75 Å². The lowest BCUT2D eigenvalue weighted by Gasteiger charge is -2.12. The Labute approximate surface area is 122 Å². The van der Waals surface area contributed by atoms with Crippen molar-refractivity contribution in [1.29, 1.82) is 0 Å². The van der Waals surface area contributed by atoms with E-state index in [1.165, 1.54) is 11.3 Å². The van der Waals surface area contributed by atoms with E-state index < -0.39 is 6.10 Å². The van der Waals surface area contributed by atoms with Crippen molar-refractivity contribution in [2.75, 3.05) is 13.7 Å². The number of rotatable bonds is 5. The molecule has 2 N–H and O–H groups in total. The third-order valence-electron chi connectivity index (χ3n) is 3.02. The maximum atomic E-state index is 11.9. The molecule has 1 aromatic heterocycles. The summed E-state index contributed by atoms with van der Waals surface area (Å²) >= 11 is 1.40. The highest BCUT2D eigenvalue weighted by atomic mass is 32.1. The van der Waals surface area contributed by atoms with Crippen LogP contribution in [-0.4, -0.2) is 24.7 Å². The molecule has 0 radical (unpaired) electrons. The smallest absolute Gasteiger partial charge is 0.261 e. The molecule has 2 aromatic rings. The van der Waals surface area contributed by atoms with Crippen LogP contribution in [0.2, 0.25) is 0 Å². The van der Waals surface area contributed by atoms with E-state index in [0.29, 0.717) is 4.88 Å². The summed E-state index contributed by atoms with van der Waals surface area (Å²) in [5.41, 5.74) is 1.69. The van der Waals surface area contributed by atoms with Gasteiger partial charge in [0.05, 0.1) is 18.1 Å². The Hall–Kier alpha value is -1.85. The number of ether oxygens (including phenoxy) is 1. The molecular weight excluding hydrogens is 274 g/mol. The van der Waals surface area contributed by atoms with Crippen LogP contribution in [0.4, 0.5) is 0 Å². The van der Waals surface area contributed by atoms with Crippen LogP contribution < -0.4 is 10.1 Å². The average Bonchev–Trinajstić information content (AvgIpc) is 2.90. The van der Waals surface area contributed by atoms with Crippen molar-refractivity contribution in [2.45, 2.75) is 13.0 Å². The molecule has 1 amide bonds. The number of aliphatic hydroxyl groups excluding tert-OH is 1. The molecule has 20 heavy (non-hydrogen) atoms. The van der Waals surface area contributed by atoms with Crippen molar-refractivity contribution in [2.24, 2.45) is 0 Å². The zero-order chi connectivity index (χ0) is 14.5. The Bertz CT molecular complexity index is 577. The number of methoxy groups -OCH3 is 1. The molecule has 0 aliphatic rings. The van der Waals surface area contributed by atoms with Crippen LogP contribution in [-0.2, 0) is 0 Å². The van der Waals surface area contributed by atoms with Crippen molar-refractivity contribution >= 4 is 17.2 Å². The van der Waals surface area contributed by atoms with Gasteiger partial charge in [-0.1, -0.05) is 12.1 Å². The number of aliphatic hydroxyl groups is 1. The van der Waals surface area contributed by atoms with Gasteiger partial charge in [-0.3, -0.25) is 4.79 Å². The van der Waals surface area contributed by atoms with Crippen LogP contribution in [0, 0.1) is 6.92 Å². The summed E-state index contributed by atoms with van der Waals surface area (Å²) in [7, 11) is 1.59. The van der Waals surface area contributed by atoms with E-state index in [-0.39, 0.29) is 12.5 Å². The molecule has 0 spiro atoms. The number of aryl methyl sites for hydroxylation is 1. The molecule has 0 saturated heterocycles. The first kappa shape index (κ1) is 14.6. The second kappa shape index (κ2) is 6.54. The minimum absolute atomic E-state index is 0.148. The summed E-state index contributed by atoms with van der Waals surface area (Å²) in [6, 6.07) is 9.03. The number of carbonyl (C=O) groups excluding carboxylic acids is 1. The summed E-state index contributed by atoms with van der Waals surface area (Å²) in [5, 5.41) is 14.7. The lowest BCUT2D eigenvalue weighted by atomic mass is 10.1. The average molecular weight is 291 g/mol. The molecule has 0 bridgehead atoms. The van der Waals surface area contributed by atoms with Gasteiger partial charge in [-0.15, -0.1) is 11.3 Å². The van der Waals surface area contributed by atoms with Crippen LogP contribution in [0.3, 0.4) is 0 Å². The third-order valence-corrected chi connectivity index (χ3v) is 4.04. The summed E-state index contributed by atoms with van der Waals surface area (Å²) < 4.78 is 5.06. The first-order valence-electron chi connectivity index (χ1n) is 6.26. The zero-order valence-electron chi connectivity index (χ0n) is 11.4. The maximum Gasteiger partial charge on any atom is 0.261 e. The topological polar surface area (TPSA) is 58.6 Å². The monoisotopic (exact) mass is 291 g/mol. The molecule has 0 fully saturated rings. The van der Waals surface area contributed by atoms with E-state index in [1.54, 1.807) is 31.4 Å². The van der Waals surface area contributed by atoms with Gasteiger partial charge in [-0.05, 0) is 41.6 Å². The number of hydrogen-bond acceptors (Lipinski definition) is 4. The lowest BCUT2D eigenvalue weighted by molar-refractivity contribution is 0.0919. The fourth-order valence-electron chi connectivity index (χ4n) is 1.82. The number of amides is 1. The molecule has 0 aliphatic carbocycles.